The van der Waals surface area contributed by atoms with E-state index < -0.39 is 17.7 Å². The molecule has 2 aromatic rings. The molecule has 1 heterocycles. The van der Waals surface area contributed by atoms with Crippen LogP contribution in [0.1, 0.15) is 44.9 Å². The molecular weight excluding hydrogens is 342 g/mol. The number of amides is 2. The lowest BCUT2D eigenvalue weighted by Crippen LogP contribution is -2.49. The first-order valence-corrected chi connectivity index (χ1v) is 8.98. The Bertz CT molecular complexity index is 742. The van der Waals surface area contributed by atoms with Gasteiger partial charge >= 0.3 is 6.09 Å². The molecule has 0 bridgehead atoms. The summed E-state index contributed by atoms with van der Waals surface area (Å²) in [5.41, 5.74) is 1.25. The highest BCUT2D eigenvalue weighted by molar-refractivity contribution is 5.86. The molecule has 0 aliphatic heterocycles. The molecule has 2 N–H and O–H groups in total. The zero-order valence-electron chi connectivity index (χ0n) is 16.2. The number of aromatic nitrogens is 1. The minimum atomic E-state index is -0.756. The van der Waals surface area contributed by atoms with Crippen molar-refractivity contribution in [2.45, 2.75) is 51.8 Å². The monoisotopic (exact) mass is 369 g/mol. The number of hydrogen-bond donors (Lipinski definition) is 2. The van der Waals surface area contributed by atoms with E-state index in [0.717, 1.165) is 11.1 Å². The Kier molecular flexibility index (Phi) is 6.93. The summed E-state index contributed by atoms with van der Waals surface area (Å²) in [4.78, 5) is 29.0. The summed E-state index contributed by atoms with van der Waals surface area (Å²) in [6, 6.07) is 12.4. The van der Waals surface area contributed by atoms with Crippen molar-refractivity contribution >= 4 is 12.0 Å². The minimum absolute atomic E-state index is 0.181. The highest BCUT2D eigenvalue weighted by Gasteiger charge is 2.25. The topological polar surface area (TPSA) is 80.3 Å². The highest BCUT2D eigenvalue weighted by atomic mass is 16.6. The average molecular weight is 369 g/mol. The fraction of sp³-hybridized carbons (Fsp3) is 0.381. The lowest BCUT2D eigenvalue weighted by Gasteiger charge is -2.24. The molecule has 2 atom stereocenters. The van der Waals surface area contributed by atoms with Crippen molar-refractivity contribution in [1.82, 2.24) is 15.6 Å². The third-order valence-electron chi connectivity index (χ3n) is 3.85. The second kappa shape index (κ2) is 9.16. The maximum atomic E-state index is 12.8. The van der Waals surface area contributed by atoms with Crippen LogP contribution in [0.15, 0.2) is 54.9 Å². The third kappa shape index (κ3) is 7.09. The highest BCUT2D eigenvalue weighted by Crippen LogP contribution is 2.13. The van der Waals surface area contributed by atoms with Gasteiger partial charge in [-0.15, -0.1) is 0 Å². The van der Waals surface area contributed by atoms with Crippen molar-refractivity contribution in [3.63, 3.8) is 0 Å². The van der Waals surface area contributed by atoms with Gasteiger partial charge in [-0.3, -0.25) is 9.78 Å². The first kappa shape index (κ1) is 20.4. The Hall–Kier alpha value is -2.89. The number of benzene rings is 1. The van der Waals surface area contributed by atoms with E-state index in [1.807, 2.05) is 49.4 Å². The second-order valence-electron chi connectivity index (χ2n) is 7.40. The van der Waals surface area contributed by atoms with Crippen molar-refractivity contribution in [3.8, 4) is 0 Å². The number of carbonyl (C=O) groups excluding carboxylic acids is 2. The van der Waals surface area contributed by atoms with Crippen LogP contribution in [0.25, 0.3) is 0 Å². The zero-order valence-corrected chi connectivity index (χ0v) is 16.2. The van der Waals surface area contributed by atoms with E-state index in [1.165, 1.54) is 0 Å². The van der Waals surface area contributed by atoms with E-state index in [1.54, 1.807) is 33.2 Å². The minimum Gasteiger partial charge on any atom is -0.444 e. The molecule has 6 nitrogen and oxygen atoms in total. The average Bonchev–Trinajstić information content (AvgIpc) is 2.61. The van der Waals surface area contributed by atoms with Crippen LogP contribution in [-0.2, 0) is 16.0 Å². The molecule has 0 radical (unpaired) electrons. The summed E-state index contributed by atoms with van der Waals surface area (Å²) >= 11 is 0. The SMILES string of the molecule is C[C@H](NC(=O)[C@H](Cc1ccncc1)NC(=O)OC(C)(C)C)c1ccccc1. The van der Waals surface area contributed by atoms with Crippen LogP contribution in [-0.4, -0.2) is 28.6 Å². The van der Waals surface area contributed by atoms with Gasteiger partial charge in [0.05, 0.1) is 6.04 Å². The molecule has 0 saturated heterocycles. The number of nitrogens with zero attached hydrogens (tertiary/aromatic N) is 1. The molecule has 2 rings (SSSR count). The van der Waals surface area contributed by atoms with Gasteiger partial charge in [0.15, 0.2) is 0 Å². The van der Waals surface area contributed by atoms with E-state index in [2.05, 4.69) is 15.6 Å². The molecule has 0 aliphatic carbocycles. The summed E-state index contributed by atoms with van der Waals surface area (Å²) in [5.74, 6) is -0.269. The molecule has 2 amide bonds. The fourth-order valence-corrected chi connectivity index (χ4v) is 2.55. The van der Waals surface area contributed by atoms with Crippen LogP contribution >= 0.6 is 0 Å². The molecular formula is C21H27N3O3. The number of ether oxygens (including phenoxy) is 1. The number of carbonyl (C=O) groups is 2. The number of pyridine rings is 1. The molecule has 1 aromatic heterocycles. The van der Waals surface area contributed by atoms with Crippen molar-refractivity contribution < 1.29 is 14.3 Å². The lowest BCUT2D eigenvalue weighted by molar-refractivity contribution is -0.123. The normalized spacial score (nSPS) is 13.3. The number of nitrogens with one attached hydrogen (secondary N) is 2. The Morgan fingerprint density at radius 2 is 1.67 bits per heavy atom. The van der Waals surface area contributed by atoms with Gasteiger partial charge in [-0.1, -0.05) is 30.3 Å². The Morgan fingerprint density at radius 1 is 1.04 bits per heavy atom. The van der Waals surface area contributed by atoms with E-state index in [-0.39, 0.29) is 11.9 Å². The van der Waals surface area contributed by atoms with Gasteiger partial charge in [-0.25, -0.2) is 4.79 Å². The largest absolute Gasteiger partial charge is 0.444 e. The molecule has 6 heteroatoms. The van der Waals surface area contributed by atoms with Crippen molar-refractivity contribution in [2.75, 3.05) is 0 Å². The number of alkyl carbamates (subject to hydrolysis) is 1. The fourth-order valence-electron chi connectivity index (χ4n) is 2.55. The summed E-state index contributed by atoms with van der Waals surface area (Å²) in [6.07, 6.45) is 3.04. The molecule has 1 aromatic carbocycles. The second-order valence-corrected chi connectivity index (χ2v) is 7.40. The molecule has 0 aliphatic rings. The Morgan fingerprint density at radius 3 is 2.26 bits per heavy atom. The van der Waals surface area contributed by atoms with Crippen molar-refractivity contribution in [2.24, 2.45) is 0 Å². The maximum Gasteiger partial charge on any atom is 0.408 e. The molecule has 0 fully saturated rings. The van der Waals surface area contributed by atoms with Crippen LogP contribution in [0.4, 0.5) is 4.79 Å². The molecule has 0 saturated carbocycles. The van der Waals surface area contributed by atoms with Crippen LogP contribution < -0.4 is 10.6 Å². The van der Waals surface area contributed by atoms with Gasteiger partial charge in [0.2, 0.25) is 5.91 Å². The van der Waals surface area contributed by atoms with Crippen molar-refractivity contribution in [1.29, 1.82) is 0 Å². The van der Waals surface area contributed by atoms with E-state index in [0.29, 0.717) is 6.42 Å². The predicted molar refractivity (Wildman–Crippen MR) is 104 cm³/mol. The van der Waals surface area contributed by atoms with Gasteiger partial charge in [-0.05, 0) is 51.0 Å². The number of rotatable bonds is 6. The summed E-state index contributed by atoms with van der Waals surface area (Å²) in [5, 5.41) is 5.64. The summed E-state index contributed by atoms with van der Waals surface area (Å²) in [6.45, 7) is 7.25. The smallest absolute Gasteiger partial charge is 0.408 e. The third-order valence-corrected chi connectivity index (χ3v) is 3.85. The Labute approximate surface area is 160 Å². The van der Waals surface area contributed by atoms with Gasteiger partial charge in [0, 0.05) is 18.8 Å². The standard InChI is InChI=1S/C21H27N3O3/c1-15(17-8-6-5-7-9-17)23-19(25)18(14-16-10-12-22-13-11-16)24-20(26)27-21(2,3)4/h5-13,15,18H,14H2,1-4H3,(H,23,25)(H,24,26)/t15-,18-/m0/s1. The quantitative estimate of drug-likeness (QED) is 0.818. The van der Waals surface area contributed by atoms with E-state index in [4.69, 9.17) is 4.74 Å². The lowest BCUT2D eigenvalue weighted by atomic mass is 10.0. The van der Waals surface area contributed by atoms with E-state index in [9.17, 15) is 9.59 Å². The van der Waals surface area contributed by atoms with Gasteiger partial charge in [0.1, 0.15) is 11.6 Å². The molecule has 144 valence electrons. The van der Waals surface area contributed by atoms with Crippen LogP contribution in [0.2, 0.25) is 0 Å². The number of hydrogen-bond acceptors (Lipinski definition) is 4. The van der Waals surface area contributed by atoms with Crippen LogP contribution in [0.5, 0.6) is 0 Å². The molecule has 0 spiro atoms. The van der Waals surface area contributed by atoms with Gasteiger partial charge < -0.3 is 15.4 Å². The van der Waals surface area contributed by atoms with E-state index >= 15 is 0 Å². The zero-order chi connectivity index (χ0) is 19.9. The van der Waals surface area contributed by atoms with Crippen LogP contribution in [0.3, 0.4) is 0 Å². The first-order chi connectivity index (χ1) is 12.7. The van der Waals surface area contributed by atoms with Crippen molar-refractivity contribution in [3.05, 3.63) is 66.0 Å². The van der Waals surface area contributed by atoms with Crippen LogP contribution in [0, 0.1) is 0 Å². The predicted octanol–water partition coefficient (Wildman–Crippen LogP) is 3.39. The maximum absolute atomic E-state index is 12.8. The van der Waals surface area contributed by atoms with Gasteiger partial charge in [0.25, 0.3) is 0 Å². The first-order valence-electron chi connectivity index (χ1n) is 8.98. The summed E-state index contributed by atoms with van der Waals surface area (Å²) < 4.78 is 5.30. The summed E-state index contributed by atoms with van der Waals surface area (Å²) in [7, 11) is 0. The molecule has 27 heavy (non-hydrogen) atoms. The molecule has 0 unspecified atom stereocenters. The Balaban J connectivity index is 2.10. The van der Waals surface area contributed by atoms with Gasteiger partial charge in [-0.2, -0.15) is 0 Å².